The number of urea groups is 1. The van der Waals surface area contributed by atoms with Crippen molar-refractivity contribution in [2.45, 2.75) is 90.0 Å². The van der Waals surface area contributed by atoms with Crippen molar-refractivity contribution < 1.29 is 91.9 Å². The van der Waals surface area contributed by atoms with Gasteiger partial charge in [-0.05, 0) is 196 Å². The number of para-hydroxylation sites is 2. The maximum atomic E-state index is 12.5. The van der Waals surface area contributed by atoms with Crippen molar-refractivity contribution >= 4 is 159 Å². The van der Waals surface area contributed by atoms with E-state index in [2.05, 4.69) is 66.5 Å². The number of aryl methyl sites for hydroxylation is 5. The quantitative estimate of drug-likeness (QED) is 0.0138. The second kappa shape index (κ2) is 45.9. The molecule has 4 unspecified atom stereocenters. The van der Waals surface area contributed by atoms with Crippen molar-refractivity contribution in [2.24, 2.45) is 0 Å². The number of aromatic carboxylic acids is 3. The molecule has 4 atom stereocenters. The monoisotopic (exact) mass is 1770 g/mol. The van der Waals surface area contributed by atoms with Gasteiger partial charge in [0.25, 0.3) is 10.0 Å². The predicted molar refractivity (Wildman–Crippen MR) is 448 cm³/mol. The molecule has 626 valence electrons. The molecule has 0 bridgehead atoms. The molecule has 0 radical (unpaired) electrons. The Labute approximate surface area is 702 Å². The summed E-state index contributed by atoms with van der Waals surface area (Å²) in [6.07, 6.45) is 10.5. The van der Waals surface area contributed by atoms with Crippen LogP contribution in [0.25, 0.3) is 11.4 Å². The van der Waals surface area contributed by atoms with Crippen LogP contribution in [-0.4, -0.2) is 134 Å². The average molecular weight is 1770 g/mol. The minimum absolute atomic E-state index is 0.00101. The number of aromatic nitrogens is 5. The Hall–Kier alpha value is -11.4. The van der Waals surface area contributed by atoms with Crippen molar-refractivity contribution in [1.82, 2.24) is 35.6 Å². The number of hydrogen-bond acceptors (Lipinski definition) is 25. The van der Waals surface area contributed by atoms with Crippen LogP contribution in [0.4, 0.5) is 50.3 Å². The number of nitrogens with zero attached hydrogens (tertiary/aromatic N) is 5. The van der Waals surface area contributed by atoms with Crippen LogP contribution >= 0.6 is 34.5 Å². The van der Waals surface area contributed by atoms with E-state index in [-0.39, 0.29) is 61.1 Å². The number of carboxylic acid groups (broad SMARTS) is 3. The van der Waals surface area contributed by atoms with Gasteiger partial charge in [-0.15, -0.1) is 21.5 Å². The molecule has 1 aliphatic heterocycles. The van der Waals surface area contributed by atoms with Crippen molar-refractivity contribution in [1.29, 1.82) is 0 Å². The number of rotatable bonds is 32. The molecule has 7 aromatic carbocycles. The molecule has 1 fully saturated rings. The van der Waals surface area contributed by atoms with Gasteiger partial charge < -0.3 is 87.2 Å². The van der Waals surface area contributed by atoms with Crippen LogP contribution in [0, 0.1) is 6.92 Å². The van der Waals surface area contributed by atoms with E-state index in [1.54, 1.807) is 98.0 Å². The van der Waals surface area contributed by atoms with Crippen LogP contribution in [0.2, 0.25) is 10.0 Å². The van der Waals surface area contributed by atoms with E-state index >= 15 is 0 Å². The number of tetrazole rings is 1. The molecular formula is C76H78Cl2N14O20S6-4. The van der Waals surface area contributed by atoms with Crippen molar-refractivity contribution in [3.8, 4) is 34.4 Å². The van der Waals surface area contributed by atoms with Crippen LogP contribution < -0.4 is 53.9 Å². The zero-order valence-corrected chi connectivity index (χ0v) is 69.4. The number of amides is 2. The molecule has 4 aromatic heterocycles. The van der Waals surface area contributed by atoms with E-state index in [0.717, 1.165) is 74.2 Å². The van der Waals surface area contributed by atoms with E-state index < -0.39 is 79.0 Å². The van der Waals surface area contributed by atoms with Crippen molar-refractivity contribution in [3.05, 3.63) is 242 Å². The number of H-pyrrole nitrogens is 1. The Kier molecular flexibility index (Phi) is 35.8. The number of nitrogens with one attached hydrogen (secondary N) is 9. The Balaban J connectivity index is 0.000000184. The number of unbranched alkanes of at least 4 members (excludes halogenated alkanes) is 1. The topological polar surface area (TPSA) is 522 Å². The molecular weight excluding hydrogens is 1690 g/mol. The van der Waals surface area contributed by atoms with E-state index in [4.69, 9.17) is 37.1 Å². The molecule has 0 aliphatic carbocycles. The van der Waals surface area contributed by atoms with Crippen LogP contribution in [0.3, 0.4) is 0 Å². The molecule has 118 heavy (non-hydrogen) atoms. The van der Waals surface area contributed by atoms with Gasteiger partial charge in [-0.25, -0.2) is 32.3 Å². The molecule has 12 N–H and O–H groups in total. The first kappa shape index (κ1) is 92.1. The minimum Gasteiger partial charge on any atom is -0.755 e. The summed E-state index contributed by atoms with van der Waals surface area (Å²) in [5.41, 5.74) is 5.60. The van der Waals surface area contributed by atoms with Gasteiger partial charge in [0.05, 0.1) is 72.8 Å². The zero-order chi connectivity index (χ0) is 85.4. The van der Waals surface area contributed by atoms with E-state index in [1.807, 2.05) is 71.3 Å². The number of pyridine rings is 1. The lowest BCUT2D eigenvalue weighted by atomic mass is 10.0. The third kappa shape index (κ3) is 29.3. The molecule has 12 rings (SSSR count). The highest BCUT2D eigenvalue weighted by molar-refractivity contribution is 7.90. The number of anilines is 8. The van der Waals surface area contributed by atoms with Gasteiger partial charge in [0.15, 0.2) is 11.5 Å². The summed E-state index contributed by atoms with van der Waals surface area (Å²) in [4.78, 5) is 52.8. The molecule has 0 saturated carbocycles. The highest BCUT2D eigenvalue weighted by Crippen LogP contribution is 2.43. The molecule has 0 spiro atoms. The Morgan fingerprint density at radius 2 is 1.23 bits per heavy atom. The summed E-state index contributed by atoms with van der Waals surface area (Å²) >= 11 is 3.54. The number of aromatic amines is 1. The van der Waals surface area contributed by atoms with Gasteiger partial charge in [-0.1, -0.05) is 91.1 Å². The average Bonchev–Trinajstić information content (AvgIpc) is 1.34. The maximum absolute atomic E-state index is 12.5. The summed E-state index contributed by atoms with van der Waals surface area (Å²) in [7, 11) is -4.05. The number of thiophene rings is 1. The number of carboxylic acids is 3. The largest absolute Gasteiger partial charge is 0.755 e. The van der Waals surface area contributed by atoms with Crippen LogP contribution in [0.15, 0.2) is 197 Å². The summed E-state index contributed by atoms with van der Waals surface area (Å²) in [6, 6.07) is 44.9. The van der Waals surface area contributed by atoms with Gasteiger partial charge in [0, 0.05) is 106 Å². The fraction of sp³-hybridized carbons (Fsp3) is 0.211. The molecule has 34 nitrogen and oxygen atoms in total. The van der Waals surface area contributed by atoms with Crippen molar-refractivity contribution in [2.75, 3.05) is 54.1 Å². The third-order valence-corrected chi connectivity index (χ3v) is 20.8. The fourth-order valence-corrected chi connectivity index (χ4v) is 14.8. The lowest BCUT2D eigenvalue weighted by molar-refractivity contribution is 0.0685. The number of halogens is 2. The van der Waals surface area contributed by atoms with E-state index in [9.17, 15) is 78.0 Å². The van der Waals surface area contributed by atoms with E-state index in [0.29, 0.717) is 75.7 Å². The number of carbonyl (C=O) groups excluding carboxylic acids is 1. The maximum Gasteiger partial charge on any atom is 0.336 e. The molecule has 1 aliphatic rings. The SMILES string of the molecule is CCCCNc1cc(C(=O)O)cc(NS(=O)[O-])c1Oc1ccccc1.Cc1cccc(Nc2ccncc2S(=O)(=O)NC(=O)NC(C)C)c1.O=C(O)c1cc(NS(=O)[O-])c(Cl)cc1CCc1ccco1.O=C(O)c1cc(NS(=O)[O-])c(Oc2ccccc2)c(N2CCCC2)c1.O=S([O-])Nc1cc(-c2nn[nH]n2)c(CCc2cccs2)cc1Cl. The zero-order valence-electron chi connectivity index (χ0n) is 63.0. The molecule has 2 amide bonds. The number of sulfonamides is 1. The Bertz CT molecular complexity index is 5400. The van der Waals surface area contributed by atoms with Gasteiger partial charge in [-0.3, -0.25) is 21.8 Å². The predicted octanol–water partition coefficient (Wildman–Crippen LogP) is 14.3. The summed E-state index contributed by atoms with van der Waals surface area (Å²) in [6.45, 7) is 9.56. The first-order valence-corrected chi connectivity index (χ1v) is 42.8. The van der Waals surface area contributed by atoms with Gasteiger partial charge in [-0.2, -0.15) is 5.21 Å². The van der Waals surface area contributed by atoms with Gasteiger partial charge in [0.1, 0.15) is 22.2 Å². The second-order valence-corrected chi connectivity index (χ2v) is 31.5. The Morgan fingerprint density at radius 3 is 1.78 bits per heavy atom. The second-order valence-electron chi connectivity index (χ2n) is 25.3. The normalized spacial score (nSPS) is 12.4. The lowest BCUT2D eigenvalue weighted by Crippen LogP contribution is -2.42. The molecule has 11 aromatic rings. The summed E-state index contributed by atoms with van der Waals surface area (Å²) < 4.78 is 140. The molecule has 42 heteroatoms. The molecule has 5 heterocycles. The first-order chi connectivity index (χ1) is 56.4. The summed E-state index contributed by atoms with van der Waals surface area (Å²) in [5, 5.41) is 52.9. The number of furan rings is 1. The number of ether oxygens (including phenoxy) is 2. The number of benzene rings is 7. The molecule has 1 saturated heterocycles. The number of hydrogen-bond donors (Lipinski definition) is 12. The summed E-state index contributed by atoms with van der Waals surface area (Å²) in [5.74, 6) is -0.780. The highest BCUT2D eigenvalue weighted by Gasteiger charge is 2.26. The lowest BCUT2D eigenvalue weighted by Gasteiger charge is -2.24. The van der Waals surface area contributed by atoms with Gasteiger partial charge >= 0.3 is 23.9 Å². The minimum atomic E-state index is -4.05. The number of carbonyl (C=O) groups is 4. The highest BCUT2D eigenvalue weighted by atomic mass is 35.5. The van der Waals surface area contributed by atoms with Crippen LogP contribution in [0.1, 0.15) is 105 Å². The van der Waals surface area contributed by atoms with Gasteiger partial charge in [0.2, 0.25) is 5.82 Å². The first-order valence-electron chi connectivity index (χ1n) is 35.4. The van der Waals surface area contributed by atoms with E-state index in [1.165, 1.54) is 66.0 Å². The van der Waals surface area contributed by atoms with Crippen LogP contribution in [-0.2, 0) is 80.8 Å². The smallest absolute Gasteiger partial charge is 0.336 e. The van der Waals surface area contributed by atoms with Crippen LogP contribution in [0.5, 0.6) is 23.0 Å². The standard InChI is InChI=1S/C17H18N2O5S.C17H20N2O5S.C16H20N4O3S.C13H12ClN5O2S2.C13H12ClNO5S/c20-17(21)12-10-14(18-25(22)23)16(24-13-6-2-1-3-7-13)15(11-12)19-8-4-5-9-19;1-2-3-9-18-14-10-12(17(20)21)11-15(19-25(22)23)16(14)24-13-7-5-4-6-8-13;1-11(2)18-16(21)20-24(22,23)15-10-17-8-7-14(15)19-13-6-4-5-12(3)9-13;14-11-6-8(3-4-9-2-1-5-22-9)10(13-15-18-19-16-13)7-12(11)17-23(20)21;14-11-6-8(3-4-9-2-1-5-20-9)10(13(16)17)7-12(11)15-21(18)19/h1-3,6-7,10-11,18H,4-5,8-9H2,(H,20,21)(H,22,23);4-8,10-11,18-19H,2-3,9H2,1H3,(H,20,21)(H,22,23);4-11H,1-3H3,(H,17,19)(H2,18,20,21);1-2,5-7,17H,3-4H2,(H,20,21)(H,15,16,18,19);1-2,5-7,15H,3-4H2,(H,16,17)(H,18,19)/p-4. The Morgan fingerprint density at radius 1 is 0.644 bits per heavy atom. The fourth-order valence-electron chi connectivity index (χ4n) is 11.1. The third-order valence-electron chi connectivity index (χ3n) is 16.3. The van der Waals surface area contributed by atoms with Crippen molar-refractivity contribution in [3.63, 3.8) is 0 Å².